The maximum absolute atomic E-state index is 12.8. The quantitative estimate of drug-likeness (QED) is 0.452. The van der Waals surface area contributed by atoms with Crippen LogP contribution in [0.3, 0.4) is 0 Å². The monoisotopic (exact) mass is 366 g/mol. The predicted octanol–water partition coefficient (Wildman–Crippen LogP) is 1.34. The van der Waals surface area contributed by atoms with Crippen molar-refractivity contribution in [1.82, 2.24) is 15.1 Å². The van der Waals surface area contributed by atoms with Crippen molar-refractivity contribution in [3.8, 4) is 0 Å². The lowest BCUT2D eigenvalue weighted by Crippen LogP contribution is -2.44. The second-order valence-corrected chi connectivity index (χ2v) is 7.87. The molecule has 2 aliphatic rings. The highest BCUT2D eigenvalue weighted by Gasteiger charge is 2.42. The van der Waals surface area contributed by atoms with E-state index in [-0.39, 0.29) is 29.1 Å². The predicted molar refractivity (Wildman–Crippen MR) is 102 cm³/mol. The van der Waals surface area contributed by atoms with E-state index in [0.29, 0.717) is 13.1 Å². The Morgan fingerprint density at radius 2 is 1.92 bits per heavy atom. The van der Waals surface area contributed by atoms with Crippen LogP contribution in [0.4, 0.5) is 0 Å². The summed E-state index contributed by atoms with van der Waals surface area (Å²) >= 11 is 0. The van der Waals surface area contributed by atoms with Gasteiger partial charge in [-0.05, 0) is 25.7 Å². The number of ether oxygens (including phenoxy) is 1. The van der Waals surface area contributed by atoms with Crippen molar-refractivity contribution in [2.75, 3.05) is 47.4 Å². The average Bonchev–Trinajstić information content (AvgIpc) is 3.24. The van der Waals surface area contributed by atoms with Gasteiger partial charge in [0.05, 0.1) is 25.0 Å². The number of nitrogens with zero attached hydrogens (tertiary/aromatic N) is 3. The van der Waals surface area contributed by atoms with Crippen molar-refractivity contribution in [3.63, 3.8) is 0 Å². The molecular weight excluding hydrogens is 332 g/mol. The van der Waals surface area contributed by atoms with Gasteiger partial charge in [-0.3, -0.25) is 14.6 Å². The van der Waals surface area contributed by atoms with Crippen LogP contribution in [-0.2, 0) is 14.3 Å². The summed E-state index contributed by atoms with van der Waals surface area (Å²) < 4.78 is 4.93. The molecule has 2 fully saturated rings. The Bertz CT molecular complexity index is 541. The summed E-state index contributed by atoms with van der Waals surface area (Å²) in [7, 11) is 5.08. The van der Waals surface area contributed by atoms with Gasteiger partial charge in [0, 0.05) is 33.7 Å². The molecule has 1 N–H and O–H groups in total. The van der Waals surface area contributed by atoms with E-state index in [9.17, 15) is 9.59 Å². The number of guanidine groups is 1. The van der Waals surface area contributed by atoms with Crippen molar-refractivity contribution in [3.05, 3.63) is 0 Å². The minimum absolute atomic E-state index is 0.132. The first-order valence-corrected chi connectivity index (χ1v) is 9.67. The molecule has 0 aromatic rings. The van der Waals surface area contributed by atoms with Gasteiger partial charge in [0.25, 0.3) is 0 Å². The number of aliphatic imine (C=N–C) groups is 1. The third-order valence-electron chi connectivity index (χ3n) is 5.70. The molecule has 1 heterocycles. The number of methoxy groups -OCH3 is 1. The molecule has 1 aliphatic carbocycles. The molecule has 0 aromatic heterocycles. The Kier molecular flexibility index (Phi) is 6.89. The van der Waals surface area contributed by atoms with Gasteiger partial charge in [0.2, 0.25) is 5.91 Å². The molecule has 1 amide bonds. The van der Waals surface area contributed by atoms with Gasteiger partial charge in [-0.2, -0.15) is 0 Å². The molecule has 2 rings (SSSR count). The number of amides is 1. The number of rotatable bonds is 5. The van der Waals surface area contributed by atoms with E-state index in [0.717, 1.165) is 44.7 Å². The summed E-state index contributed by atoms with van der Waals surface area (Å²) in [4.78, 5) is 33.4. The molecule has 0 bridgehead atoms. The lowest BCUT2D eigenvalue weighted by atomic mass is 9.85. The summed E-state index contributed by atoms with van der Waals surface area (Å²) in [6.45, 7) is 6.72. The van der Waals surface area contributed by atoms with Crippen LogP contribution >= 0.6 is 0 Å². The van der Waals surface area contributed by atoms with Gasteiger partial charge in [-0.25, -0.2) is 0 Å². The van der Waals surface area contributed by atoms with Crippen molar-refractivity contribution in [2.45, 2.75) is 39.5 Å². The number of likely N-dealkylation sites (tertiary alicyclic amines) is 1. The maximum atomic E-state index is 12.8. The molecule has 2 unspecified atom stereocenters. The molecule has 2 atom stereocenters. The standard InChI is InChI=1S/C19H34N4O3/c1-6-20-18(23-11-14(2)15(12-23)16(24)26-5)21-13-19(9-7-8-10-19)17(25)22(3)4/h14-15H,6-13H2,1-5H3,(H,20,21). The molecule has 1 saturated heterocycles. The van der Waals surface area contributed by atoms with E-state index in [1.165, 1.54) is 7.11 Å². The maximum Gasteiger partial charge on any atom is 0.310 e. The van der Waals surface area contributed by atoms with Crippen molar-refractivity contribution in [1.29, 1.82) is 0 Å². The second kappa shape index (κ2) is 8.73. The number of hydrogen-bond donors (Lipinski definition) is 1. The summed E-state index contributed by atoms with van der Waals surface area (Å²) in [5.41, 5.74) is -0.378. The van der Waals surface area contributed by atoms with Crippen molar-refractivity contribution >= 4 is 17.8 Å². The lowest BCUT2D eigenvalue weighted by Gasteiger charge is -2.30. The Morgan fingerprint density at radius 3 is 2.46 bits per heavy atom. The lowest BCUT2D eigenvalue weighted by molar-refractivity contribution is -0.146. The first kappa shape index (κ1) is 20.5. The molecule has 7 heteroatoms. The van der Waals surface area contributed by atoms with Gasteiger partial charge in [0.1, 0.15) is 0 Å². The van der Waals surface area contributed by atoms with Crippen LogP contribution < -0.4 is 5.32 Å². The minimum Gasteiger partial charge on any atom is -0.469 e. The molecule has 148 valence electrons. The van der Waals surface area contributed by atoms with Crippen molar-refractivity contribution < 1.29 is 14.3 Å². The van der Waals surface area contributed by atoms with Crippen molar-refractivity contribution in [2.24, 2.45) is 22.2 Å². The topological polar surface area (TPSA) is 74.2 Å². The Hall–Kier alpha value is -1.79. The van der Waals surface area contributed by atoms with Crippen LogP contribution in [0.2, 0.25) is 0 Å². The zero-order valence-electron chi connectivity index (χ0n) is 16.9. The van der Waals surface area contributed by atoms with E-state index < -0.39 is 0 Å². The zero-order chi connectivity index (χ0) is 19.3. The third-order valence-corrected chi connectivity index (χ3v) is 5.70. The van der Waals surface area contributed by atoms with Gasteiger partial charge in [-0.1, -0.05) is 19.8 Å². The fourth-order valence-electron chi connectivity index (χ4n) is 4.22. The van der Waals surface area contributed by atoms with Gasteiger partial charge in [0.15, 0.2) is 5.96 Å². The fourth-order valence-corrected chi connectivity index (χ4v) is 4.22. The number of hydrogen-bond acceptors (Lipinski definition) is 4. The van der Waals surface area contributed by atoms with Crippen LogP contribution in [0.15, 0.2) is 4.99 Å². The van der Waals surface area contributed by atoms with E-state index in [4.69, 9.17) is 9.73 Å². The van der Waals surface area contributed by atoms with Crippen LogP contribution in [0.25, 0.3) is 0 Å². The smallest absolute Gasteiger partial charge is 0.310 e. The molecule has 1 aliphatic heterocycles. The molecule has 0 spiro atoms. The number of nitrogens with one attached hydrogen (secondary N) is 1. The fraction of sp³-hybridized carbons (Fsp3) is 0.842. The summed E-state index contributed by atoms with van der Waals surface area (Å²) in [5.74, 6) is 0.897. The molecule has 26 heavy (non-hydrogen) atoms. The highest BCUT2D eigenvalue weighted by atomic mass is 16.5. The largest absolute Gasteiger partial charge is 0.469 e. The van der Waals surface area contributed by atoms with E-state index in [2.05, 4.69) is 17.1 Å². The average molecular weight is 367 g/mol. The minimum atomic E-state index is -0.378. The van der Waals surface area contributed by atoms with Crippen LogP contribution in [0.5, 0.6) is 0 Å². The molecule has 0 aromatic carbocycles. The summed E-state index contributed by atoms with van der Waals surface area (Å²) in [6, 6.07) is 0. The zero-order valence-corrected chi connectivity index (χ0v) is 16.9. The molecular formula is C19H34N4O3. The summed E-state index contributed by atoms with van der Waals surface area (Å²) in [5, 5.41) is 3.33. The van der Waals surface area contributed by atoms with Crippen LogP contribution in [0, 0.1) is 17.3 Å². The SMILES string of the molecule is CCNC(=NCC1(C(=O)N(C)C)CCCC1)N1CC(C)C(C(=O)OC)C1. The number of carbonyl (C=O) groups excluding carboxylic acids is 2. The second-order valence-electron chi connectivity index (χ2n) is 7.87. The third kappa shape index (κ3) is 4.30. The number of esters is 1. The van der Waals surface area contributed by atoms with E-state index >= 15 is 0 Å². The Morgan fingerprint density at radius 1 is 1.27 bits per heavy atom. The Labute approximate surface area is 157 Å². The normalized spacial score (nSPS) is 25.3. The van der Waals surface area contributed by atoms with Gasteiger partial charge >= 0.3 is 5.97 Å². The van der Waals surface area contributed by atoms with Gasteiger partial charge < -0.3 is 19.9 Å². The first-order chi connectivity index (χ1) is 12.3. The molecule has 0 radical (unpaired) electrons. The van der Waals surface area contributed by atoms with Crippen LogP contribution in [-0.4, -0.2) is 75.0 Å². The first-order valence-electron chi connectivity index (χ1n) is 9.67. The van der Waals surface area contributed by atoms with Gasteiger partial charge in [-0.15, -0.1) is 0 Å². The van der Waals surface area contributed by atoms with E-state index in [1.807, 2.05) is 21.0 Å². The van der Waals surface area contributed by atoms with E-state index in [1.54, 1.807) is 4.90 Å². The van der Waals surface area contributed by atoms with Crippen LogP contribution in [0.1, 0.15) is 39.5 Å². The number of carbonyl (C=O) groups is 2. The Balaban J connectivity index is 2.16. The highest BCUT2D eigenvalue weighted by molar-refractivity contribution is 5.85. The molecule has 1 saturated carbocycles. The summed E-state index contributed by atoms with van der Waals surface area (Å²) in [6.07, 6.45) is 3.95. The highest BCUT2D eigenvalue weighted by Crippen LogP contribution is 2.40. The molecule has 7 nitrogen and oxygen atoms in total.